The van der Waals surface area contributed by atoms with Crippen molar-refractivity contribution in [1.29, 1.82) is 0 Å². The Hall–Kier alpha value is -4.04. The Morgan fingerprint density at radius 2 is 1.49 bits per heavy atom. The molecule has 3 amide bonds. The van der Waals surface area contributed by atoms with E-state index in [4.69, 9.17) is 17.2 Å². The quantitative estimate of drug-likeness (QED) is 0.190. The second-order valence-corrected chi connectivity index (χ2v) is 9.37. The van der Waals surface area contributed by atoms with Gasteiger partial charge in [0.15, 0.2) is 0 Å². The summed E-state index contributed by atoms with van der Waals surface area (Å²) < 4.78 is 39.1. The zero-order valence-electron chi connectivity index (χ0n) is 22.1. The van der Waals surface area contributed by atoms with Crippen LogP contribution in [-0.2, 0) is 20.6 Å². The smallest absolute Gasteiger partial charge is 0.386 e. The van der Waals surface area contributed by atoms with Crippen LogP contribution in [0.3, 0.4) is 0 Å². The van der Waals surface area contributed by atoms with Gasteiger partial charge in [-0.1, -0.05) is 42.5 Å². The largest absolute Gasteiger partial charge is 0.416 e. The number of anilines is 1. The number of rotatable bonds is 12. The molecule has 3 aromatic carbocycles. The second-order valence-electron chi connectivity index (χ2n) is 9.37. The zero-order chi connectivity index (χ0) is 30.2. The van der Waals surface area contributed by atoms with Crippen molar-refractivity contribution in [3.8, 4) is 0 Å². The number of nitrogens with two attached hydrogens (primary N) is 3. The number of fused-ring (bicyclic) bond motifs is 1. The van der Waals surface area contributed by atoms with Gasteiger partial charge in [0.25, 0.3) is 0 Å². The molecule has 0 aliphatic rings. The van der Waals surface area contributed by atoms with E-state index >= 15 is 0 Å². The van der Waals surface area contributed by atoms with Gasteiger partial charge in [-0.2, -0.15) is 13.2 Å². The molecule has 13 heteroatoms. The molecule has 0 radical (unpaired) electrons. The summed E-state index contributed by atoms with van der Waals surface area (Å²) in [6.45, 7) is 0.745. The molecule has 0 unspecified atom stereocenters. The van der Waals surface area contributed by atoms with Crippen LogP contribution in [0.15, 0.2) is 66.7 Å². The molecular formula is C28H33F3N6O4. The third-order valence-electron chi connectivity index (χ3n) is 6.37. The van der Waals surface area contributed by atoms with Crippen molar-refractivity contribution in [3.05, 3.63) is 77.9 Å². The molecule has 0 aliphatic heterocycles. The molecule has 3 atom stereocenters. The fourth-order valence-corrected chi connectivity index (χ4v) is 4.18. The van der Waals surface area contributed by atoms with Crippen LogP contribution in [0, 0.1) is 0 Å². The molecule has 0 saturated heterocycles. The van der Waals surface area contributed by atoms with Gasteiger partial charge >= 0.3 is 6.18 Å². The number of carbonyl (C=O) groups is 3. The van der Waals surface area contributed by atoms with Gasteiger partial charge in [-0.3, -0.25) is 14.4 Å². The minimum Gasteiger partial charge on any atom is -0.386 e. The molecule has 220 valence electrons. The number of hydrogen-bond donors (Lipinski definition) is 6. The molecule has 3 aromatic rings. The predicted molar refractivity (Wildman–Crippen MR) is 148 cm³/mol. The Bertz CT molecular complexity index is 1350. The minimum absolute atomic E-state index is 0.0568. The van der Waals surface area contributed by atoms with E-state index in [1.165, 1.54) is 4.90 Å². The summed E-state index contributed by atoms with van der Waals surface area (Å²) in [5, 5.41) is 17.7. The Labute approximate surface area is 234 Å². The number of hydrogen-bond acceptors (Lipinski definition) is 7. The van der Waals surface area contributed by atoms with Gasteiger partial charge in [0.2, 0.25) is 17.7 Å². The maximum Gasteiger partial charge on any atom is 0.416 e. The van der Waals surface area contributed by atoms with Crippen molar-refractivity contribution in [2.45, 2.75) is 30.8 Å². The van der Waals surface area contributed by atoms with Crippen LogP contribution in [0.4, 0.5) is 18.9 Å². The van der Waals surface area contributed by atoms with Crippen molar-refractivity contribution in [3.63, 3.8) is 0 Å². The lowest BCUT2D eigenvalue weighted by Crippen LogP contribution is -2.53. The number of alkyl halides is 3. The maximum absolute atomic E-state index is 13.3. The normalized spacial score (nSPS) is 13.7. The summed E-state index contributed by atoms with van der Waals surface area (Å²) in [5.41, 5.74) is 16.4. The van der Waals surface area contributed by atoms with Crippen LogP contribution >= 0.6 is 0 Å². The van der Waals surface area contributed by atoms with E-state index in [1.54, 1.807) is 18.2 Å². The third kappa shape index (κ3) is 8.47. The van der Waals surface area contributed by atoms with Crippen molar-refractivity contribution < 1.29 is 32.7 Å². The first-order valence-corrected chi connectivity index (χ1v) is 12.8. The van der Waals surface area contributed by atoms with Crippen molar-refractivity contribution in [2.75, 3.05) is 31.5 Å². The lowest BCUT2D eigenvalue weighted by Gasteiger charge is -2.26. The van der Waals surface area contributed by atoms with Gasteiger partial charge in [-0.25, -0.2) is 0 Å². The molecule has 0 spiro atoms. The van der Waals surface area contributed by atoms with Crippen molar-refractivity contribution >= 4 is 34.2 Å². The third-order valence-corrected chi connectivity index (χ3v) is 6.37. The molecule has 0 fully saturated rings. The van der Waals surface area contributed by atoms with Crippen LogP contribution in [-0.4, -0.2) is 66.0 Å². The van der Waals surface area contributed by atoms with Gasteiger partial charge in [-0.05, 0) is 40.6 Å². The lowest BCUT2D eigenvalue weighted by atomic mass is 9.99. The van der Waals surface area contributed by atoms with Crippen LogP contribution < -0.4 is 27.8 Å². The number of amides is 3. The minimum atomic E-state index is -4.61. The monoisotopic (exact) mass is 574 g/mol. The van der Waals surface area contributed by atoms with Gasteiger partial charge in [-0.15, -0.1) is 0 Å². The van der Waals surface area contributed by atoms with Crippen molar-refractivity contribution in [1.82, 2.24) is 10.2 Å². The van der Waals surface area contributed by atoms with E-state index in [2.05, 4.69) is 10.6 Å². The fraction of sp³-hybridized carbons (Fsp3) is 0.321. The first-order chi connectivity index (χ1) is 19.4. The topological polar surface area (TPSA) is 177 Å². The van der Waals surface area contributed by atoms with E-state index in [0.29, 0.717) is 5.69 Å². The second kappa shape index (κ2) is 14.0. The highest BCUT2D eigenvalue weighted by atomic mass is 19.4. The summed E-state index contributed by atoms with van der Waals surface area (Å²) in [4.78, 5) is 40.3. The Balaban J connectivity index is 1.83. The van der Waals surface area contributed by atoms with E-state index in [-0.39, 0.29) is 31.7 Å². The molecule has 3 rings (SSSR count). The molecule has 0 aromatic heterocycles. The molecule has 0 bridgehead atoms. The van der Waals surface area contributed by atoms with Crippen molar-refractivity contribution in [2.24, 2.45) is 17.2 Å². The molecule has 0 saturated carbocycles. The molecular weight excluding hydrogens is 541 g/mol. The summed E-state index contributed by atoms with van der Waals surface area (Å²) >= 11 is 0. The van der Waals surface area contributed by atoms with Crippen LogP contribution in [0.2, 0.25) is 0 Å². The average molecular weight is 575 g/mol. The summed E-state index contributed by atoms with van der Waals surface area (Å²) in [6.07, 6.45) is -6.79. The predicted octanol–water partition coefficient (Wildman–Crippen LogP) is 1.48. The average Bonchev–Trinajstić information content (AvgIpc) is 2.94. The van der Waals surface area contributed by atoms with Gasteiger partial charge in [0.05, 0.1) is 18.0 Å². The van der Waals surface area contributed by atoms with Crippen LogP contribution in [0.1, 0.15) is 23.7 Å². The van der Waals surface area contributed by atoms with Gasteiger partial charge < -0.3 is 37.8 Å². The number of aliphatic hydroxyl groups excluding tert-OH is 1. The van der Waals surface area contributed by atoms with Crippen LogP contribution in [0.5, 0.6) is 0 Å². The molecule has 9 N–H and O–H groups in total. The standard InChI is InChI=1S/C28H33F3N6O4/c29-28(30,31)20-8-5-18(6-9-20)25(39)24(27(41)35-21-10-7-17-3-1-2-4-19(17)15-21)36-26(40)22(34)16-23(38)37(13-11-32)14-12-33/h1-10,15,22,24-25,39H,11-14,16,32-34H2,(H,35,41)(H,36,40)/t22-,24-,25+/m0/s1. The molecule has 10 nitrogen and oxygen atoms in total. The highest BCUT2D eigenvalue weighted by molar-refractivity contribution is 6.00. The Morgan fingerprint density at radius 3 is 2.07 bits per heavy atom. The Kier molecular flexibility index (Phi) is 10.8. The number of aliphatic hydroxyl groups is 1. The molecule has 41 heavy (non-hydrogen) atoms. The zero-order valence-corrected chi connectivity index (χ0v) is 22.1. The van der Waals surface area contributed by atoms with E-state index in [1.807, 2.05) is 24.3 Å². The van der Waals surface area contributed by atoms with Gasteiger partial charge in [0, 0.05) is 31.9 Å². The summed E-state index contributed by atoms with van der Waals surface area (Å²) in [7, 11) is 0. The molecule has 0 aliphatic carbocycles. The van der Waals surface area contributed by atoms with E-state index in [0.717, 1.165) is 35.0 Å². The summed E-state index contributed by atoms with van der Waals surface area (Å²) in [6, 6.07) is 12.9. The number of nitrogens with one attached hydrogen (secondary N) is 2. The molecule has 0 heterocycles. The highest BCUT2D eigenvalue weighted by Gasteiger charge is 2.34. The SMILES string of the molecule is NCCN(CCN)C(=O)C[C@H](N)C(=O)N[C@H](C(=O)Nc1ccc2ccccc2c1)[C@H](O)c1ccc(C(F)(F)F)cc1. The highest BCUT2D eigenvalue weighted by Crippen LogP contribution is 2.30. The summed E-state index contributed by atoms with van der Waals surface area (Å²) in [5.74, 6) is -2.26. The number of carbonyl (C=O) groups excluding carboxylic acids is 3. The number of benzene rings is 3. The maximum atomic E-state index is 13.3. The Morgan fingerprint density at radius 1 is 0.878 bits per heavy atom. The first kappa shape index (κ1) is 31.5. The van der Waals surface area contributed by atoms with E-state index < -0.39 is 54.1 Å². The number of halogens is 3. The first-order valence-electron chi connectivity index (χ1n) is 12.8. The number of nitrogens with zero attached hydrogens (tertiary/aromatic N) is 1. The van der Waals surface area contributed by atoms with Gasteiger partial charge in [0.1, 0.15) is 12.1 Å². The fourth-order valence-electron chi connectivity index (χ4n) is 4.18. The van der Waals surface area contributed by atoms with E-state index in [9.17, 15) is 32.7 Å². The lowest BCUT2D eigenvalue weighted by molar-refractivity contribution is -0.137. The van der Waals surface area contributed by atoms with Crippen LogP contribution in [0.25, 0.3) is 10.8 Å².